The van der Waals surface area contributed by atoms with Gasteiger partial charge in [0.05, 0.1) is 5.60 Å². The summed E-state index contributed by atoms with van der Waals surface area (Å²) in [6.07, 6.45) is 9.06. The minimum absolute atomic E-state index is 0.543. The molecule has 0 aromatic carbocycles. The molecule has 1 aliphatic rings. The maximum atomic E-state index is 10.2. The summed E-state index contributed by atoms with van der Waals surface area (Å²) in [5.74, 6) is 0.616. The number of carbonyl (C=O) groups excluding carboxylic acids is 1. The Balaban J connectivity index is 2.34. The van der Waals surface area contributed by atoms with Crippen LogP contribution in [0.4, 0.5) is 0 Å². The van der Waals surface area contributed by atoms with Crippen LogP contribution in [0.1, 0.15) is 52.4 Å². The highest BCUT2D eigenvalue weighted by Crippen LogP contribution is 2.31. The minimum Gasteiger partial charge on any atom is -0.390 e. The summed E-state index contributed by atoms with van der Waals surface area (Å²) in [5.41, 5.74) is 0.882. The molecule has 2 heteroatoms. The number of aldehydes is 1. The highest BCUT2D eigenvalue weighted by Gasteiger charge is 2.22. The fourth-order valence-corrected chi connectivity index (χ4v) is 2.31. The van der Waals surface area contributed by atoms with E-state index in [1.54, 1.807) is 0 Å². The zero-order chi connectivity index (χ0) is 11.3. The lowest BCUT2D eigenvalue weighted by Crippen LogP contribution is -2.24. The summed E-state index contributed by atoms with van der Waals surface area (Å²) in [6, 6.07) is 0. The van der Waals surface area contributed by atoms with E-state index < -0.39 is 5.60 Å². The van der Waals surface area contributed by atoms with Gasteiger partial charge in [0.2, 0.25) is 0 Å². The van der Waals surface area contributed by atoms with Crippen LogP contribution in [0.3, 0.4) is 0 Å². The molecule has 0 amide bonds. The molecule has 0 saturated heterocycles. The van der Waals surface area contributed by atoms with E-state index in [-0.39, 0.29) is 0 Å². The Hall–Kier alpha value is -0.630. The largest absolute Gasteiger partial charge is 0.390 e. The van der Waals surface area contributed by atoms with Crippen LogP contribution in [0.2, 0.25) is 0 Å². The van der Waals surface area contributed by atoms with Crippen LogP contribution in [0.5, 0.6) is 0 Å². The third kappa shape index (κ3) is 5.12. The van der Waals surface area contributed by atoms with Crippen molar-refractivity contribution in [3.63, 3.8) is 0 Å². The fourth-order valence-electron chi connectivity index (χ4n) is 2.31. The molecule has 1 N–H and O–H groups in total. The number of aliphatic hydroxyl groups is 1. The predicted octanol–water partition coefficient (Wildman–Crippen LogP) is 2.85. The standard InChI is InChI=1S/C13H22O2/c1-13(2,15)10-12-7-5-11(6-8-12)4-3-9-14/h5,9,12,15H,3-4,6-8,10H2,1-2H3. The monoisotopic (exact) mass is 210 g/mol. The molecule has 0 radical (unpaired) electrons. The molecule has 15 heavy (non-hydrogen) atoms. The molecule has 2 nitrogen and oxygen atoms in total. The molecule has 1 atom stereocenters. The Labute approximate surface area is 92.4 Å². The van der Waals surface area contributed by atoms with Crippen molar-refractivity contribution in [3.05, 3.63) is 11.6 Å². The van der Waals surface area contributed by atoms with Gasteiger partial charge in [-0.15, -0.1) is 0 Å². The van der Waals surface area contributed by atoms with E-state index in [4.69, 9.17) is 0 Å². The molecule has 0 spiro atoms. The summed E-state index contributed by atoms with van der Waals surface area (Å²) in [4.78, 5) is 10.2. The summed E-state index contributed by atoms with van der Waals surface area (Å²) < 4.78 is 0. The van der Waals surface area contributed by atoms with Crippen LogP contribution in [-0.4, -0.2) is 17.0 Å². The van der Waals surface area contributed by atoms with Crippen molar-refractivity contribution in [2.75, 3.05) is 0 Å². The second-order valence-corrected chi connectivity index (χ2v) is 5.22. The summed E-state index contributed by atoms with van der Waals surface area (Å²) >= 11 is 0. The summed E-state index contributed by atoms with van der Waals surface area (Å²) in [6.45, 7) is 3.75. The van der Waals surface area contributed by atoms with Gasteiger partial charge in [-0.3, -0.25) is 0 Å². The molecule has 1 rings (SSSR count). The van der Waals surface area contributed by atoms with Crippen LogP contribution in [-0.2, 0) is 4.79 Å². The van der Waals surface area contributed by atoms with E-state index in [1.165, 1.54) is 5.57 Å². The Bertz CT molecular complexity index is 235. The molecule has 0 bridgehead atoms. The summed E-state index contributed by atoms with van der Waals surface area (Å²) in [7, 11) is 0. The van der Waals surface area contributed by atoms with Gasteiger partial charge in [0.1, 0.15) is 6.29 Å². The van der Waals surface area contributed by atoms with Gasteiger partial charge in [-0.05, 0) is 51.9 Å². The van der Waals surface area contributed by atoms with Crippen LogP contribution in [0, 0.1) is 5.92 Å². The zero-order valence-corrected chi connectivity index (χ0v) is 9.83. The summed E-state index contributed by atoms with van der Waals surface area (Å²) in [5, 5.41) is 9.71. The fraction of sp³-hybridized carbons (Fsp3) is 0.769. The molecular weight excluding hydrogens is 188 g/mol. The van der Waals surface area contributed by atoms with Gasteiger partial charge in [-0.2, -0.15) is 0 Å². The smallest absolute Gasteiger partial charge is 0.120 e. The molecule has 1 unspecified atom stereocenters. The molecular formula is C13H22O2. The number of hydrogen-bond acceptors (Lipinski definition) is 2. The van der Waals surface area contributed by atoms with Crippen molar-refractivity contribution >= 4 is 6.29 Å². The molecule has 0 aromatic rings. The Kier molecular flexibility index (Phi) is 4.52. The minimum atomic E-state index is -0.543. The average molecular weight is 210 g/mol. The van der Waals surface area contributed by atoms with Crippen molar-refractivity contribution in [1.82, 2.24) is 0 Å². The van der Waals surface area contributed by atoms with E-state index in [2.05, 4.69) is 6.08 Å². The maximum Gasteiger partial charge on any atom is 0.120 e. The van der Waals surface area contributed by atoms with Gasteiger partial charge in [0, 0.05) is 6.42 Å². The first kappa shape index (κ1) is 12.4. The SMILES string of the molecule is CC(C)(O)CC1CC=C(CCC=O)CC1. The van der Waals surface area contributed by atoms with E-state index in [1.807, 2.05) is 13.8 Å². The molecule has 86 valence electrons. The van der Waals surface area contributed by atoms with Crippen LogP contribution >= 0.6 is 0 Å². The third-order valence-electron chi connectivity index (χ3n) is 2.99. The Morgan fingerprint density at radius 1 is 1.60 bits per heavy atom. The van der Waals surface area contributed by atoms with Gasteiger partial charge in [0.25, 0.3) is 0 Å². The number of carbonyl (C=O) groups is 1. The molecule has 1 aliphatic carbocycles. The first-order valence-corrected chi connectivity index (χ1v) is 5.85. The van der Waals surface area contributed by atoms with E-state index in [0.717, 1.165) is 38.4 Å². The lowest BCUT2D eigenvalue weighted by atomic mass is 9.82. The van der Waals surface area contributed by atoms with Crippen molar-refractivity contribution in [3.8, 4) is 0 Å². The topological polar surface area (TPSA) is 37.3 Å². The van der Waals surface area contributed by atoms with E-state index in [9.17, 15) is 9.90 Å². The van der Waals surface area contributed by atoms with Crippen LogP contribution < -0.4 is 0 Å². The molecule has 0 aliphatic heterocycles. The number of hydrogen-bond donors (Lipinski definition) is 1. The van der Waals surface area contributed by atoms with Crippen molar-refractivity contribution in [2.24, 2.45) is 5.92 Å². The van der Waals surface area contributed by atoms with Crippen molar-refractivity contribution in [1.29, 1.82) is 0 Å². The lowest BCUT2D eigenvalue weighted by molar-refractivity contribution is -0.107. The lowest BCUT2D eigenvalue weighted by Gasteiger charge is -2.27. The second-order valence-electron chi connectivity index (χ2n) is 5.22. The normalized spacial score (nSPS) is 22.3. The van der Waals surface area contributed by atoms with Gasteiger partial charge < -0.3 is 9.90 Å². The molecule has 0 fully saturated rings. The Morgan fingerprint density at radius 2 is 2.33 bits per heavy atom. The number of allylic oxidation sites excluding steroid dienone is 2. The van der Waals surface area contributed by atoms with Crippen molar-refractivity contribution < 1.29 is 9.90 Å². The zero-order valence-electron chi connectivity index (χ0n) is 9.83. The highest BCUT2D eigenvalue weighted by molar-refractivity contribution is 5.49. The highest BCUT2D eigenvalue weighted by atomic mass is 16.3. The predicted molar refractivity (Wildman–Crippen MR) is 61.6 cm³/mol. The molecule has 0 heterocycles. The average Bonchev–Trinajstić information content (AvgIpc) is 2.14. The van der Waals surface area contributed by atoms with Crippen LogP contribution in [0.15, 0.2) is 11.6 Å². The van der Waals surface area contributed by atoms with Gasteiger partial charge in [-0.1, -0.05) is 11.6 Å². The van der Waals surface area contributed by atoms with Gasteiger partial charge in [0.15, 0.2) is 0 Å². The quantitative estimate of drug-likeness (QED) is 0.559. The first-order chi connectivity index (χ1) is 7.01. The van der Waals surface area contributed by atoms with E-state index in [0.29, 0.717) is 12.3 Å². The third-order valence-corrected chi connectivity index (χ3v) is 2.99. The second kappa shape index (κ2) is 5.45. The molecule has 0 aromatic heterocycles. The molecule has 0 saturated carbocycles. The van der Waals surface area contributed by atoms with E-state index >= 15 is 0 Å². The maximum absolute atomic E-state index is 10.2. The first-order valence-electron chi connectivity index (χ1n) is 5.85. The Morgan fingerprint density at radius 3 is 2.80 bits per heavy atom. The van der Waals surface area contributed by atoms with Gasteiger partial charge >= 0.3 is 0 Å². The number of rotatable bonds is 5. The van der Waals surface area contributed by atoms with Crippen LogP contribution in [0.25, 0.3) is 0 Å². The van der Waals surface area contributed by atoms with Gasteiger partial charge in [-0.25, -0.2) is 0 Å². The van der Waals surface area contributed by atoms with Crippen molar-refractivity contribution in [2.45, 2.75) is 58.0 Å².